The van der Waals surface area contributed by atoms with Gasteiger partial charge in [0.15, 0.2) is 6.04 Å². The van der Waals surface area contributed by atoms with Gasteiger partial charge in [0.25, 0.3) is 5.91 Å². The van der Waals surface area contributed by atoms with Gasteiger partial charge >= 0.3 is 0 Å². The summed E-state index contributed by atoms with van der Waals surface area (Å²) in [5, 5.41) is 0. The third-order valence-corrected chi connectivity index (χ3v) is 4.50. The summed E-state index contributed by atoms with van der Waals surface area (Å²) in [5.74, 6) is -0.177. The molecule has 0 aliphatic carbocycles. The van der Waals surface area contributed by atoms with E-state index in [0.29, 0.717) is 12.1 Å². The summed E-state index contributed by atoms with van der Waals surface area (Å²) in [6.07, 6.45) is 0.534. The maximum Gasteiger partial charge on any atom is 0.292 e. The van der Waals surface area contributed by atoms with Gasteiger partial charge in [-0.1, -0.05) is 17.7 Å². The van der Waals surface area contributed by atoms with Gasteiger partial charge in [0.05, 0.1) is 12.1 Å². The van der Waals surface area contributed by atoms with E-state index in [1.54, 1.807) is 0 Å². The van der Waals surface area contributed by atoms with Crippen LogP contribution in [0.1, 0.15) is 25.8 Å². The van der Waals surface area contributed by atoms with Gasteiger partial charge in [-0.3, -0.25) is 9.59 Å². The Morgan fingerprint density at radius 1 is 1.09 bits per heavy atom. The van der Waals surface area contributed by atoms with Gasteiger partial charge in [0, 0.05) is 0 Å². The summed E-state index contributed by atoms with van der Waals surface area (Å²) >= 11 is 0. The molecule has 0 bridgehead atoms. The van der Waals surface area contributed by atoms with Crippen molar-refractivity contribution in [2.45, 2.75) is 45.4 Å². The second-order valence-corrected chi connectivity index (χ2v) is 6.48. The number of morpholine rings is 1. The standard InChI is InChI=1S/C17H22N2O3/c1-11-4-6-14(7-5-11)19-16(20)8-15(17(19)21)18-9-12(2)22-13(3)10-18/h4-7,12-13,15H,8-10H2,1-3H3/p+1/t12-,13+,15-/m0/s1. The molecule has 1 aromatic carbocycles. The Morgan fingerprint density at radius 3 is 2.27 bits per heavy atom. The number of hydrogen-bond donors (Lipinski definition) is 1. The maximum atomic E-state index is 12.8. The smallest absolute Gasteiger partial charge is 0.292 e. The molecule has 2 amide bonds. The third kappa shape index (κ3) is 2.78. The molecule has 1 unspecified atom stereocenters. The van der Waals surface area contributed by atoms with E-state index in [0.717, 1.165) is 18.7 Å². The SMILES string of the molecule is Cc1ccc(N2C(=O)C[C@H]([NH+]3C[C@@H](C)O[C@@H](C)C3)C2=O)cc1. The first-order valence-corrected chi connectivity index (χ1v) is 7.89. The number of anilines is 1. The molecule has 5 heteroatoms. The molecule has 4 atom stereocenters. The molecular formula is C17H23N2O3+. The number of ether oxygens (including phenoxy) is 1. The number of quaternary nitrogens is 1. The van der Waals surface area contributed by atoms with Crippen LogP contribution in [0.4, 0.5) is 5.69 Å². The lowest BCUT2D eigenvalue weighted by molar-refractivity contribution is -0.929. The molecule has 1 N–H and O–H groups in total. The highest BCUT2D eigenvalue weighted by atomic mass is 16.5. The van der Waals surface area contributed by atoms with Crippen molar-refractivity contribution in [3.05, 3.63) is 29.8 Å². The van der Waals surface area contributed by atoms with Crippen LogP contribution < -0.4 is 9.80 Å². The molecule has 0 spiro atoms. The van der Waals surface area contributed by atoms with Crippen LogP contribution >= 0.6 is 0 Å². The molecule has 2 aliphatic heterocycles. The van der Waals surface area contributed by atoms with Crippen LogP contribution in [-0.4, -0.2) is 43.2 Å². The lowest BCUT2D eigenvalue weighted by Crippen LogP contribution is -3.19. The monoisotopic (exact) mass is 303 g/mol. The molecule has 1 aromatic rings. The topological polar surface area (TPSA) is 51.1 Å². The van der Waals surface area contributed by atoms with Crippen LogP contribution in [0.5, 0.6) is 0 Å². The van der Waals surface area contributed by atoms with Crippen molar-refractivity contribution in [2.75, 3.05) is 18.0 Å². The minimum atomic E-state index is -0.275. The molecule has 2 saturated heterocycles. The summed E-state index contributed by atoms with van der Waals surface area (Å²) in [6, 6.07) is 7.26. The van der Waals surface area contributed by atoms with E-state index in [1.165, 1.54) is 9.80 Å². The molecule has 118 valence electrons. The summed E-state index contributed by atoms with van der Waals surface area (Å²) in [6.45, 7) is 7.58. The van der Waals surface area contributed by atoms with Gasteiger partial charge in [-0.25, -0.2) is 4.90 Å². The van der Waals surface area contributed by atoms with Crippen molar-refractivity contribution < 1.29 is 19.2 Å². The summed E-state index contributed by atoms with van der Waals surface area (Å²) in [7, 11) is 0. The van der Waals surface area contributed by atoms with Crippen molar-refractivity contribution in [1.82, 2.24) is 0 Å². The molecule has 3 rings (SSSR count). The second-order valence-electron chi connectivity index (χ2n) is 6.48. The zero-order valence-electron chi connectivity index (χ0n) is 13.3. The number of nitrogens with zero attached hydrogens (tertiary/aromatic N) is 1. The second kappa shape index (κ2) is 5.82. The number of imide groups is 1. The van der Waals surface area contributed by atoms with Crippen LogP contribution in [0.2, 0.25) is 0 Å². The van der Waals surface area contributed by atoms with Gasteiger partial charge in [0.1, 0.15) is 25.3 Å². The van der Waals surface area contributed by atoms with E-state index in [2.05, 4.69) is 0 Å². The molecule has 2 aliphatic rings. The van der Waals surface area contributed by atoms with Crippen molar-refractivity contribution in [3.8, 4) is 0 Å². The van der Waals surface area contributed by atoms with Crippen LogP contribution in [0.25, 0.3) is 0 Å². The number of amides is 2. The summed E-state index contributed by atoms with van der Waals surface area (Å²) in [5.41, 5.74) is 1.79. The largest absolute Gasteiger partial charge is 0.364 e. The minimum absolute atomic E-state index is 0.0786. The predicted octanol–water partition coefficient (Wildman–Crippen LogP) is 0.319. The van der Waals surface area contributed by atoms with Gasteiger partial charge < -0.3 is 9.64 Å². The average molecular weight is 303 g/mol. The van der Waals surface area contributed by atoms with E-state index in [9.17, 15) is 9.59 Å². The summed E-state index contributed by atoms with van der Waals surface area (Å²) in [4.78, 5) is 27.6. The Balaban J connectivity index is 1.80. The van der Waals surface area contributed by atoms with Gasteiger partial charge in [-0.15, -0.1) is 0 Å². The van der Waals surface area contributed by atoms with Crippen molar-refractivity contribution in [1.29, 1.82) is 0 Å². The normalized spacial score (nSPS) is 32.6. The predicted molar refractivity (Wildman–Crippen MR) is 82.8 cm³/mol. The fraction of sp³-hybridized carbons (Fsp3) is 0.529. The molecule has 5 nitrogen and oxygen atoms in total. The van der Waals surface area contributed by atoms with Crippen LogP contribution in [-0.2, 0) is 14.3 Å². The molecule has 0 radical (unpaired) electrons. The first-order chi connectivity index (χ1) is 10.5. The highest BCUT2D eigenvalue weighted by molar-refractivity contribution is 6.21. The number of benzene rings is 1. The molecule has 2 fully saturated rings. The van der Waals surface area contributed by atoms with Crippen molar-refractivity contribution in [2.24, 2.45) is 0 Å². The molecule has 22 heavy (non-hydrogen) atoms. The van der Waals surface area contributed by atoms with Crippen LogP contribution in [0, 0.1) is 6.92 Å². The Morgan fingerprint density at radius 2 is 1.68 bits per heavy atom. The van der Waals surface area contributed by atoms with Gasteiger partial charge in [-0.2, -0.15) is 0 Å². The number of carbonyl (C=O) groups is 2. The number of rotatable bonds is 2. The number of aryl methyl sites for hydroxylation is 1. The lowest BCUT2D eigenvalue weighted by atomic mass is 10.1. The number of carbonyl (C=O) groups excluding carboxylic acids is 2. The lowest BCUT2D eigenvalue weighted by Gasteiger charge is -2.34. The minimum Gasteiger partial charge on any atom is -0.364 e. The van der Waals surface area contributed by atoms with E-state index in [4.69, 9.17) is 4.74 Å². The van der Waals surface area contributed by atoms with Crippen LogP contribution in [0.15, 0.2) is 24.3 Å². The van der Waals surface area contributed by atoms with E-state index in [1.807, 2.05) is 45.0 Å². The van der Waals surface area contributed by atoms with Crippen molar-refractivity contribution >= 4 is 17.5 Å². The van der Waals surface area contributed by atoms with Gasteiger partial charge in [-0.05, 0) is 32.9 Å². The Kier molecular flexibility index (Phi) is 4.02. The molecule has 0 aromatic heterocycles. The Bertz CT molecular complexity index is 574. The first kappa shape index (κ1) is 15.2. The highest BCUT2D eigenvalue weighted by Gasteiger charge is 2.47. The first-order valence-electron chi connectivity index (χ1n) is 7.89. The maximum absolute atomic E-state index is 12.8. The van der Waals surface area contributed by atoms with E-state index < -0.39 is 0 Å². The average Bonchev–Trinajstić information content (AvgIpc) is 2.74. The number of nitrogens with one attached hydrogen (secondary N) is 1. The van der Waals surface area contributed by atoms with E-state index >= 15 is 0 Å². The molecule has 0 saturated carbocycles. The number of hydrogen-bond acceptors (Lipinski definition) is 3. The fourth-order valence-corrected chi connectivity index (χ4v) is 3.52. The zero-order chi connectivity index (χ0) is 15.9. The van der Waals surface area contributed by atoms with E-state index in [-0.39, 0.29) is 30.1 Å². The zero-order valence-corrected chi connectivity index (χ0v) is 13.3. The van der Waals surface area contributed by atoms with Crippen molar-refractivity contribution in [3.63, 3.8) is 0 Å². The Labute approximate surface area is 130 Å². The quantitative estimate of drug-likeness (QED) is 0.801. The molecule has 2 heterocycles. The highest BCUT2D eigenvalue weighted by Crippen LogP contribution is 2.22. The van der Waals surface area contributed by atoms with Crippen LogP contribution in [0.3, 0.4) is 0 Å². The van der Waals surface area contributed by atoms with Gasteiger partial charge in [0.2, 0.25) is 5.91 Å². The third-order valence-electron chi connectivity index (χ3n) is 4.50. The fourth-order valence-electron chi connectivity index (χ4n) is 3.52. The summed E-state index contributed by atoms with van der Waals surface area (Å²) < 4.78 is 5.73. The molecular weight excluding hydrogens is 280 g/mol. The Hall–Kier alpha value is -1.72.